The predicted molar refractivity (Wildman–Crippen MR) is 121 cm³/mol. The summed E-state index contributed by atoms with van der Waals surface area (Å²) in [6.07, 6.45) is 7.98. The topological polar surface area (TPSA) is 54.7 Å². The molecule has 3 unspecified atom stereocenters. The molecule has 7 heteroatoms. The third kappa shape index (κ3) is 5.59. The molecule has 1 aromatic rings. The standard InChI is InChI=1S/C20H35N5O.HI/c1-20(2,3)18-15(7-6-10-26-18)11-22-19(21-4)25-9-8-16(14-25)17-12-23-24(5)13-17;/h12-13,15-16,18H,6-11,14H2,1-5H3,(H,21,22);1H. The first-order valence-corrected chi connectivity index (χ1v) is 9.94. The van der Waals surface area contributed by atoms with E-state index in [0.29, 0.717) is 17.9 Å². The van der Waals surface area contributed by atoms with Crippen molar-refractivity contribution in [3.05, 3.63) is 18.0 Å². The molecule has 0 aromatic carbocycles. The van der Waals surface area contributed by atoms with Gasteiger partial charge in [0.25, 0.3) is 0 Å². The zero-order valence-electron chi connectivity index (χ0n) is 17.4. The van der Waals surface area contributed by atoms with Crippen LogP contribution in [0.4, 0.5) is 0 Å². The number of nitrogens with one attached hydrogen (secondary N) is 1. The van der Waals surface area contributed by atoms with Gasteiger partial charge in [-0.05, 0) is 30.2 Å². The Hall–Kier alpha value is -0.830. The van der Waals surface area contributed by atoms with Gasteiger partial charge < -0.3 is 15.0 Å². The van der Waals surface area contributed by atoms with Gasteiger partial charge in [-0.1, -0.05) is 20.8 Å². The molecule has 0 radical (unpaired) electrons. The molecule has 6 nitrogen and oxygen atoms in total. The molecule has 0 saturated carbocycles. The number of aromatic nitrogens is 2. The minimum Gasteiger partial charge on any atom is -0.377 e. The van der Waals surface area contributed by atoms with E-state index in [2.05, 4.69) is 47.3 Å². The molecule has 0 spiro atoms. The molecule has 1 aromatic heterocycles. The summed E-state index contributed by atoms with van der Waals surface area (Å²) in [5.41, 5.74) is 1.51. The lowest BCUT2D eigenvalue weighted by molar-refractivity contribution is -0.0836. The van der Waals surface area contributed by atoms with Crippen LogP contribution in [0.25, 0.3) is 0 Å². The second-order valence-corrected chi connectivity index (χ2v) is 8.87. The maximum absolute atomic E-state index is 6.12. The first-order valence-electron chi connectivity index (χ1n) is 9.94. The van der Waals surface area contributed by atoms with E-state index >= 15 is 0 Å². The van der Waals surface area contributed by atoms with E-state index in [9.17, 15) is 0 Å². The van der Waals surface area contributed by atoms with Gasteiger partial charge in [-0.2, -0.15) is 5.10 Å². The van der Waals surface area contributed by atoms with E-state index in [4.69, 9.17) is 4.74 Å². The van der Waals surface area contributed by atoms with Crippen molar-refractivity contribution in [3.63, 3.8) is 0 Å². The summed E-state index contributed by atoms with van der Waals surface area (Å²) in [4.78, 5) is 6.93. The molecule has 0 aliphatic carbocycles. The van der Waals surface area contributed by atoms with Crippen molar-refractivity contribution in [2.45, 2.75) is 52.1 Å². The summed E-state index contributed by atoms with van der Waals surface area (Å²) in [7, 11) is 3.87. The molecule has 3 heterocycles. The van der Waals surface area contributed by atoms with Crippen LogP contribution in [-0.2, 0) is 11.8 Å². The van der Waals surface area contributed by atoms with Crippen molar-refractivity contribution in [2.75, 3.05) is 33.3 Å². The zero-order valence-corrected chi connectivity index (χ0v) is 19.8. The number of rotatable bonds is 3. The Morgan fingerprint density at radius 1 is 1.37 bits per heavy atom. The van der Waals surface area contributed by atoms with Crippen LogP contribution in [-0.4, -0.2) is 60.0 Å². The molecule has 1 N–H and O–H groups in total. The quantitative estimate of drug-likeness (QED) is 0.403. The molecule has 2 aliphatic heterocycles. The number of hydrogen-bond acceptors (Lipinski definition) is 3. The summed E-state index contributed by atoms with van der Waals surface area (Å²) in [6.45, 7) is 10.7. The van der Waals surface area contributed by atoms with Gasteiger partial charge in [-0.25, -0.2) is 0 Å². The fourth-order valence-electron chi connectivity index (χ4n) is 4.44. The number of guanidine groups is 1. The van der Waals surface area contributed by atoms with Gasteiger partial charge in [0, 0.05) is 58.4 Å². The predicted octanol–water partition coefficient (Wildman–Crippen LogP) is 3.24. The number of hydrogen-bond donors (Lipinski definition) is 1. The van der Waals surface area contributed by atoms with Crippen LogP contribution in [0.3, 0.4) is 0 Å². The third-order valence-electron chi connectivity index (χ3n) is 5.72. The lowest BCUT2D eigenvalue weighted by atomic mass is 9.78. The first kappa shape index (κ1) is 22.5. The molecule has 0 bridgehead atoms. The highest BCUT2D eigenvalue weighted by molar-refractivity contribution is 14.0. The fourth-order valence-corrected chi connectivity index (χ4v) is 4.44. The van der Waals surface area contributed by atoms with Crippen molar-refractivity contribution < 1.29 is 4.74 Å². The largest absolute Gasteiger partial charge is 0.377 e. The second kappa shape index (κ2) is 9.58. The van der Waals surface area contributed by atoms with Gasteiger partial charge in [0.15, 0.2) is 5.96 Å². The lowest BCUT2D eigenvalue weighted by Crippen LogP contribution is -2.48. The molecule has 3 atom stereocenters. The van der Waals surface area contributed by atoms with E-state index in [1.54, 1.807) is 0 Å². The van der Waals surface area contributed by atoms with Crippen LogP contribution in [0.5, 0.6) is 0 Å². The second-order valence-electron chi connectivity index (χ2n) is 8.87. The van der Waals surface area contributed by atoms with Crippen molar-refractivity contribution in [3.8, 4) is 0 Å². The molecule has 154 valence electrons. The van der Waals surface area contributed by atoms with Gasteiger partial charge in [0.2, 0.25) is 0 Å². The number of aliphatic imine (C=N–C) groups is 1. The Labute approximate surface area is 181 Å². The Balaban J connectivity index is 0.00000261. The summed E-state index contributed by atoms with van der Waals surface area (Å²) < 4.78 is 8.01. The maximum atomic E-state index is 6.12. The normalized spacial score (nSPS) is 26.8. The van der Waals surface area contributed by atoms with Gasteiger partial charge in [0.05, 0.1) is 12.3 Å². The SMILES string of the molecule is CN=C(NCC1CCCOC1C(C)(C)C)N1CCC(c2cnn(C)c2)C1.I. The molecule has 2 aliphatic rings. The van der Waals surface area contributed by atoms with E-state index in [0.717, 1.165) is 45.0 Å². The Morgan fingerprint density at radius 2 is 2.15 bits per heavy atom. The summed E-state index contributed by atoms with van der Waals surface area (Å²) in [6, 6.07) is 0. The average Bonchev–Trinajstić information content (AvgIpc) is 3.24. The van der Waals surface area contributed by atoms with E-state index in [1.807, 2.05) is 25.0 Å². The number of aryl methyl sites for hydroxylation is 1. The average molecular weight is 489 g/mol. The molecule has 27 heavy (non-hydrogen) atoms. The minimum atomic E-state index is 0. The number of ether oxygens (including phenoxy) is 1. The molecular weight excluding hydrogens is 453 g/mol. The Kier molecular flexibility index (Phi) is 7.97. The highest BCUT2D eigenvalue weighted by atomic mass is 127. The highest BCUT2D eigenvalue weighted by Crippen LogP contribution is 2.34. The van der Waals surface area contributed by atoms with Crippen molar-refractivity contribution >= 4 is 29.9 Å². The molecular formula is C20H36IN5O. The van der Waals surface area contributed by atoms with Crippen LogP contribution in [0.2, 0.25) is 0 Å². The third-order valence-corrected chi connectivity index (χ3v) is 5.72. The van der Waals surface area contributed by atoms with Crippen LogP contribution >= 0.6 is 24.0 Å². The monoisotopic (exact) mass is 489 g/mol. The Morgan fingerprint density at radius 3 is 2.78 bits per heavy atom. The van der Waals surface area contributed by atoms with E-state index in [1.165, 1.54) is 12.0 Å². The first-order chi connectivity index (χ1) is 12.4. The summed E-state index contributed by atoms with van der Waals surface area (Å²) in [5, 5.41) is 7.95. The van der Waals surface area contributed by atoms with Gasteiger partial charge >= 0.3 is 0 Å². The van der Waals surface area contributed by atoms with Crippen molar-refractivity contribution in [1.29, 1.82) is 0 Å². The molecule has 0 amide bonds. The zero-order chi connectivity index (χ0) is 18.7. The molecule has 3 rings (SSSR count). The van der Waals surface area contributed by atoms with Crippen LogP contribution in [0.15, 0.2) is 17.4 Å². The highest BCUT2D eigenvalue weighted by Gasteiger charge is 2.35. The smallest absolute Gasteiger partial charge is 0.193 e. The Bertz CT molecular complexity index is 624. The number of nitrogens with zero attached hydrogens (tertiary/aromatic N) is 4. The summed E-state index contributed by atoms with van der Waals surface area (Å²) in [5.74, 6) is 2.11. The van der Waals surface area contributed by atoms with Crippen LogP contribution in [0, 0.1) is 11.3 Å². The van der Waals surface area contributed by atoms with E-state index < -0.39 is 0 Å². The van der Waals surface area contributed by atoms with Crippen LogP contribution in [0.1, 0.15) is 51.5 Å². The lowest BCUT2D eigenvalue weighted by Gasteiger charge is -2.40. The van der Waals surface area contributed by atoms with Crippen molar-refractivity contribution in [1.82, 2.24) is 20.0 Å². The van der Waals surface area contributed by atoms with Crippen LogP contribution < -0.4 is 5.32 Å². The molecule has 2 saturated heterocycles. The summed E-state index contributed by atoms with van der Waals surface area (Å²) >= 11 is 0. The maximum Gasteiger partial charge on any atom is 0.193 e. The molecule has 2 fully saturated rings. The number of halogens is 1. The van der Waals surface area contributed by atoms with Gasteiger partial charge in [-0.15, -0.1) is 24.0 Å². The van der Waals surface area contributed by atoms with E-state index in [-0.39, 0.29) is 29.4 Å². The van der Waals surface area contributed by atoms with Gasteiger partial charge in [-0.3, -0.25) is 9.67 Å². The van der Waals surface area contributed by atoms with Crippen molar-refractivity contribution in [2.24, 2.45) is 23.4 Å². The minimum absolute atomic E-state index is 0. The fraction of sp³-hybridized carbons (Fsp3) is 0.800. The van der Waals surface area contributed by atoms with Gasteiger partial charge in [0.1, 0.15) is 0 Å². The number of likely N-dealkylation sites (tertiary alicyclic amines) is 1.